The molecule has 0 amide bonds. The molecule has 18 heavy (non-hydrogen) atoms. The number of benzene rings is 1. The summed E-state index contributed by atoms with van der Waals surface area (Å²) in [4.78, 5) is 11.2. The number of hydrogen-bond donors (Lipinski definition) is 0. The summed E-state index contributed by atoms with van der Waals surface area (Å²) in [5, 5.41) is 0. The average Bonchev–Trinajstić information content (AvgIpc) is 2.37. The molecule has 0 spiro atoms. The number of carbonyl (C=O) groups excluding carboxylic acids is 1. The second-order valence-corrected chi connectivity index (χ2v) is 4.40. The Morgan fingerprint density at radius 1 is 1.28 bits per heavy atom. The van der Waals surface area contributed by atoms with Crippen LogP contribution in [0.3, 0.4) is 0 Å². The second-order valence-electron chi connectivity index (χ2n) is 3.32. The molecule has 0 heterocycles. The molecule has 0 aromatic heterocycles. The van der Waals surface area contributed by atoms with Gasteiger partial charge < -0.3 is 14.2 Å². The molecule has 0 aliphatic heterocycles. The van der Waals surface area contributed by atoms with Gasteiger partial charge in [0.25, 0.3) is 0 Å². The van der Waals surface area contributed by atoms with Gasteiger partial charge in [0, 0.05) is 6.08 Å². The van der Waals surface area contributed by atoms with Crippen molar-refractivity contribution in [3.05, 3.63) is 27.3 Å². The molecule has 0 bridgehead atoms. The highest BCUT2D eigenvalue weighted by Gasteiger charge is 2.08. The van der Waals surface area contributed by atoms with Crippen LogP contribution < -0.4 is 9.47 Å². The lowest BCUT2D eigenvalue weighted by Crippen LogP contribution is -1.99. The van der Waals surface area contributed by atoms with Crippen molar-refractivity contribution in [3.8, 4) is 11.5 Å². The monoisotopic (exact) mass is 362 g/mol. The third-order valence-corrected chi connectivity index (χ3v) is 3.23. The number of ether oxygens (including phenoxy) is 3. The van der Waals surface area contributed by atoms with Gasteiger partial charge in [0.15, 0.2) is 0 Å². The van der Waals surface area contributed by atoms with Crippen molar-refractivity contribution in [1.82, 2.24) is 0 Å². The molecule has 1 rings (SSSR count). The number of rotatable bonds is 5. The number of halogens is 1. The van der Waals surface area contributed by atoms with E-state index in [0.29, 0.717) is 18.1 Å². The van der Waals surface area contributed by atoms with Gasteiger partial charge >= 0.3 is 5.97 Å². The third-order valence-electron chi connectivity index (χ3n) is 2.17. The van der Waals surface area contributed by atoms with E-state index < -0.39 is 0 Å². The average molecular weight is 362 g/mol. The van der Waals surface area contributed by atoms with Crippen LogP contribution >= 0.6 is 22.6 Å². The van der Waals surface area contributed by atoms with Gasteiger partial charge in [0.05, 0.1) is 24.4 Å². The lowest BCUT2D eigenvalue weighted by Gasteiger charge is -2.09. The Labute approximate surface area is 120 Å². The fraction of sp³-hybridized carbons (Fsp3) is 0.308. The molecule has 98 valence electrons. The van der Waals surface area contributed by atoms with Gasteiger partial charge in [0.1, 0.15) is 11.5 Å². The summed E-state index contributed by atoms with van der Waals surface area (Å²) >= 11 is 2.15. The molecule has 5 heteroatoms. The van der Waals surface area contributed by atoms with Crippen molar-refractivity contribution in [2.75, 3.05) is 20.8 Å². The lowest BCUT2D eigenvalue weighted by molar-refractivity contribution is -0.137. The number of esters is 1. The van der Waals surface area contributed by atoms with Crippen LogP contribution in [-0.4, -0.2) is 26.8 Å². The molecule has 0 N–H and O–H groups in total. The minimum Gasteiger partial charge on any atom is -0.495 e. The van der Waals surface area contributed by atoms with E-state index in [1.165, 1.54) is 6.08 Å². The SMILES string of the molecule is CCOC(=O)/C=C/c1cc(OC)c(I)c(OC)c1. The van der Waals surface area contributed by atoms with Crippen molar-refractivity contribution >= 4 is 34.6 Å². The van der Waals surface area contributed by atoms with Crippen LogP contribution in [0.4, 0.5) is 0 Å². The molecule has 0 fully saturated rings. The van der Waals surface area contributed by atoms with E-state index in [0.717, 1.165) is 9.13 Å². The minimum atomic E-state index is -0.367. The van der Waals surface area contributed by atoms with Crippen LogP contribution in [0.25, 0.3) is 6.08 Å². The van der Waals surface area contributed by atoms with Crippen LogP contribution in [0.15, 0.2) is 18.2 Å². The first-order valence-corrected chi connectivity index (χ1v) is 6.46. The van der Waals surface area contributed by atoms with E-state index in [-0.39, 0.29) is 5.97 Å². The van der Waals surface area contributed by atoms with Crippen molar-refractivity contribution < 1.29 is 19.0 Å². The second kappa shape index (κ2) is 7.25. The Morgan fingerprint density at radius 2 is 1.83 bits per heavy atom. The van der Waals surface area contributed by atoms with Gasteiger partial charge in [0.2, 0.25) is 0 Å². The van der Waals surface area contributed by atoms with Crippen molar-refractivity contribution in [2.24, 2.45) is 0 Å². The number of methoxy groups -OCH3 is 2. The highest BCUT2D eigenvalue weighted by molar-refractivity contribution is 14.1. The quantitative estimate of drug-likeness (QED) is 0.459. The normalized spacial score (nSPS) is 10.4. The Balaban J connectivity index is 2.99. The first kappa shape index (κ1) is 14.8. The van der Waals surface area contributed by atoms with Crippen LogP contribution in [0, 0.1) is 3.57 Å². The van der Waals surface area contributed by atoms with Crippen LogP contribution in [0.2, 0.25) is 0 Å². The maximum Gasteiger partial charge on any atom is 0.330 e. The fourth-order valence-electron chi connectivity index (χ4n) is 1.34. The Kier molecular flexibility index (Phi) is 5.97. The predicted molar refractivity (Wildman–Crippen MR) is 77.9 cm³/mol. The predicted octanol–water partition coefficient (Wildman–Crippen LogP) is 2.88. The number of hydrogen-bond acceptors (Lipinski definition) is 4. The van der Waals surface area contributed by atoms with E-state index in [1.807, 2.05) is 12.1 Å². The first-order valence-electron chi connectivity index (χ1n) is 5.38. The fourth-order valence-corrected chi connectivity index (χ4v) is 2.09. The topological polar surface area (TPSA) is 44.8 Å². The molecular weight excluding hydrogens is 347 g/mol. The van der Waals surface area contributed by atoms with Gasteiger partial charge in [-0.15, -0.1) is 0 Å². The zero-order valence-electron chi connectivity index (χ0n) is 10.5. The molecule has 1 aromatic rings. The van der Waals surface area contributed by atoms with Gasteiger partial charge in [-0.3, -0.25) is 0 Å². The summed E-state index contributed by atoms with van der Waals surface area (Å²) in [7, 11) is 3.19. The summed E-state index contributed by atoms with van der Waals surface area (Å²) < 4.78 is 16.2. The molecule has 0 unspecified atom stereocenters. The molecule has 1 aromatic carbocycles. The Bertz CT molecular complexity index is 429. The maximum atomic E-state index is 11.2. The zero-order chi connectivity index (χ0) is 13.5. The first-order chi connectivity index (χ1) is 8.62. The Morgan fingerprint density at radius 3 is 2.28 bits per heavy atom. The van der Waals surface area contributed by atoms with E-state index >= 15 is 0 Å². The molecule has 0 atom stereocenters. The van der Waals surface area contributed by atoms with Gasteiger partial charge in [-0.25, -0.2) is 4.79 Å². The molecule has 0 radical (unpaired) electrons. The van der Waals surface area contributed by atoms with Gasteiger partial charge in [-0.1, -0.05) is 0 Å². The highest BCUT2D eigenvalue weighted by Crippen LogP contribution is 2.32. The summed E-state index contributed by atoms with van der Waals surface area (Å²) in [6.45, 7) is 2.13. The van der Waals surface area contributed by atoms with Crippen molar-refractivity contribution in [3.63, 3.8) is 0 Å². The molecule has 0 saturated heterocycles. The number of carbonyl (C=O) groups is 1. The molecular formula is C13H15IO4. The van der Waals surface area contributed by atoms with Crippen LogP contribution in [0.1, 0.15) is 12.5 Å². The summed E-state index contributed by atoms with van der Waals surface area (Å²) in [5.41, 5.74) is 0.817. The molecule has 0 aliphatic carbocycles. The van der Waals surface area contributed by atoms with E-state index in [9.17, 15) is 4.79 Å². The standard InChI is InChI=1S/C13H15IO4/c1-4-18-12(15)6-5-9-7-10(16-2)13(14)11(8-9)17-3/h5-8H,4H2,1-3H3/b6-5+. The maximum absolute atomic E-state index is 11.2. The third kappa shape index (κ3) is 3.90. The van der Waals surface area contributed by atoms with Gasteiger partial charge in [-0.05, 0) is 53.3 Å². The Hall–Kier alpha value is -1.24. The molecule has 0 saturated carbocycles. The lowest BCUT2D eigenvalue weighted by atomic mass is 10.2. The van der Waals surface area contributed by atoms with Crippen molar-refractivity contribution in [2.45, 2.75) is 6.92 Å². The summed E-state index contributed by atoms with van der Waals surface area (Å²) in [5.74, 6) is 1.05. The molecule has 0 aliphatic rings. The van der Waals surface area contributed by atoms with Crippen LogP contribution in [0.5, 0.6) is 11.5 Å². The van der Waals surface area contributed by atoms with E-state index in [1.54, 1.807) is 27.2 Å². The largest absolute Gasteiger partial charge is 0.495 e. The van der Waals surface area contributed by atoms with E-state index in [4.69, 9.17) is 14.2 Å². The smallest absolute Gasteiger partial charge is 0.330 e. The zero-order valence-corrected chi connectivity index (χ0v) is 12.7. The summed E-state index contributed by atoms with van der Waals surface area (Å²) in [6.07, 6.45) is 3.05. The minimum absolute atomic E-state index is 0.364. The van der Waals surface area contributed by atoms with E-state index in [2.05, 4.69) is 22.6 Å². The molecule has 4 nitrogen and oxygen atoms in total. The van der Waals surface area contributed by atoms with Crippen molar-refractivity contribution in [1.29, 1.82) is 0 Å². The highest BCUT2D eigenvalue weighted by atomic mass is 127. The summed E-state index contributed by atoms with van der Waals surface area (Å²) in [6, 6.07) is 3.67. The van der Waals surface area contributed by atoms with Gasteiger partial charge in [-0.2, -0.15) is 0 Å². The van der Waals surface area contributed by atoms with Crippen LogP contribution in [-0.2, 0) is 9.53 Å².